The van der Waals surface area contributed by atoms with E-state index >= 15 is 0 Å². The summed E-state index contributed by atoms with van der Waals surface area (Å²) in [6.45, 7) is 3.33. The first-order valence-electron chi connectivity index (χ1n) is 8.62. The molecule has 0 aliphatic carbocycles. The molecule has 8 heteroatoms. The number of nitrogens with one attached hydrogen (secondary N) is 1. The number of nitrogens with zero attached hydrogens (tertiary/aromatic N) is 4. The number of aryl methyl sites for hydroxylation is 2. The van der Waals surface area contributed by atoms with Crippen molar-refractivity contribution in [1.82, 2.24) is 24.9 Å². The van der Waals surface area contributed by atoms with Crippen molar-refractivity contribution in [3.63, 3.8) is 0 Å². The molecule has 138 valence electrons. The van der Waals surface area contributed by atoms with Gasteiger partial charge in [0, 0.05) is 35.9 Å². The van der Waals surface area contributed by atoms with Gasteiger partial charge in [0.05, 0.1) is 16.3 Å². The van der Waals surface area contributed by atoms with E-state index in [1.807, 2.05) is 58.9 Å². The maximum Gasteiger partial charge on any atom is 0.261 e. The molecule has 0 saturated carbocycles. The molecule has 3 aromatic heterocycles. The first-order chi connectivity index (χ1) is 13.1. The highest BCUT2D eigenvalue weighted by Gasteiger charge is 2.17. The summed E-state index contributed by atoms with van der Waals surface area (Å²) >= 11 is 7.55. The Bertz CT molecular complexity index is 1080. The molecule has 4 aromatic rings. The van der Waals surface area contributed by atoms with Crippen molar-refractivity contribution in [3.05, 3.63) is 64.4 Å². The number of aromatic nitrogens is 4. The standard InChI is InChI=1S/C19H18ClN5OS/c1-13-16-12-17(18(26)21-7-3-9-24-10-4-8-22-24)27-19(16)25(23-13)15-6-2-5-14(20)11-15/h2,4-6,8,10-12H,3,7,9H2,1H3,(H,21,26). The van der Waals surface area contributed by atoms with Gasteiger partial charge in [0.15, 0.2) is 0 Å². The number of hydrogen-bond acceptors (Lipinski definition) is 4. The monoisotopic (exact) mass is 399 g/mol. The minimum atomic E-state index is -0.0614. The normalized spacial score (nSPS) is 11.2. The van der Waals surface area contributed by atoms with Gasteiger partial charge in [0.25, 0.3) is 5.91 Å². The van der Waals surface area contributed by atoms with Crippen LogP contribution in [0.15, 0.2) is 48.8 Å². The molecule has 0 fully saturated rings. The SMILES string of the molecule is Cc1nn(-c2cccc(Cl)c2)c2sc(C(=O)NCCCn3cccn3)cc12. The summed E-state index contributed by atoms with van der Waals surface area (Å²) in [7, 11) is 0. The maximum absolute atomic E-state index is 12.5. The van der Waals surface area contributed by atoms with Crippen molar-refractivity contribution in [2.75, 3.05) is 6.54 Å². The van der Waals surface area contributed by atoms with E-state index < -0.39 is 0 Å². The Kier molecular flexibility index (Phi) is 4.96. The number of halogens is 1. The van der Waals surface area contributed by atoms with Crippen LogP contribution in [0.4, 0.5) is 0 Å². The third-order valence-corrected chi connectivity index (χ3v) is 5.57. The lowest BCUT2D eigenvalue weighted by Gasteiger charge is -2.04. The average molecular weight is 400 g/mol. The zero-order chi connectivity index (χ0) is 18.8. The van der Waals surface area contributed by atoms with Crippen molar-refractivity contribution in [3.8, 4) is 5.69 Å². The molecule has 1 N–H and O–H groups in total. The summed E-state index contributed by atoms with van der Waals surface area (Å²) in [6, 6.07) is 11.3. The predicted molar refractivity (Wildman–Crippen MR) is 108 cm³/mol. The summed E-state index contributed by atoms with van der Waals surface area (Å²) in [4.78, 5) is 14.1. The summed E-state index contributed by atoms with van der Waals surface area (Å²) in [5.74, 6) is -0.0614. The Balaban J connectivity index is 1.49. The van der Waals surface area contributed by atoms with Gasteiger partial charge in [-0.1, -0.05) is 17.7 Å². The van der Waals surface area contributed by atoms with Crippen LogP contribution in [-0.4, -0.2) is 32.0 Å². The lowest BCUT2D eigenvalue weighted by atomic mass is 10.3. The second-order valence-corrected chi connectivity index (χ2v) is 7.65. The summed E-state index contributed by atoms with van der Waals surface area (Å²) in [6.07, 6.45) is 4.49. The largest absolute Gasteiger partial charge is 0.351 e. The number of benzene rings is 1. The van der Waals surface area contributed by atoms with E-state index in [9.17, 15) is 4.79 Å². The Hall–Kier alpha value is -2.64. The topological polar surface area (TPSA) is 64.7 Å². The highest BCUT2D eigenvalue weighted by molar-refractivity contribution is 7.20. The molecule has 0 spiro atoms. The molecule has 1 amide bonds. The lowest BCUT2D eigenvalue weighted by Crippen LogP contribution is -2.24. The number of carbonyl (C=O) groups excluding carboxylic acids is 1. The van der Waals surface area contributed by atoms with Crippen LogP contribution in [0.2, 0.25) is 5.02 Å². The quantitative estimate of drug-likeness (QED) is 0.497. The molecule has 3 heterocycles. The van der Waals surface area contributed by atoms with E-state index in [0.717, 1.165) is 34.6 Å². The van der Waals surface area contributed by atoms with Crippen LogP contribution in [0.3, 0.4) is 0 Å². The fourth-order valence-corrected chi connectivity index (χ4v) is 4.19. The Labute approximate surface area is 165 Å². The molecule has 4 rings (SSSR count). The van der Waals surface area contributed by atoms with Crippen LogP contribution in [0, 0.1) is 6.92 Å². The number of fused-ring (bicyclic) bond motifs is 1. The van der Waals surface area contributed by atoms with E-state index in [4.69, 9.17) is 11.6 Å². The fraction of sp³-hybridized carbons (Fsp3) is 0.211. The fourth-order valence-electron chi connectivity index (χ4n) is 2.90. The Morgan fingerprint density at radius 2 is 2.19 bits per heavy atom. The van der Waals surface area contributed by atoms with Gasteiger partial charge in [-0.15, -0.1) is 11.3 Å². The first kappa shape index (κ1) is 17.8. The van der Waals surface area contributed by atoms with E-state index in [1.54, 1.807) is 6.20 Å². The van der Waals surface area contributed by atoms with Crippen molar-refractivity contribution in [2.24, 2.45) is 0 Å². The van der Waals surface area contributed by atoms with Crippen LogP contribution in [-0.2, 0) is 6.54 Å². The van der Waals surface area contributed by atoms with Gasteiger partial charge in [-0.25, -0.2) is 4.68 Å². The first-order valence-corrected chi connectivity index (χ1v) is 9.82. The summed E-state index contributed by atoms with van der Waals surface area (Å²) in [5, 5.41) is 13.4. The van der Waals surface area contributed by atoms with Gasteiger partial charge in [-0.3, -0.25) is 9.48 Å². The van der Waals surface area contributed by atoms with Gasteiger partial charge < -0.3 is 5.32 Å². The molecular formula is C19H18ClN5OS. The van der Waals surface area contributed by atoms with Gasteiger partial charge >= 0.3 is 0 Å². The second-order valence-electron chi connectivity index (χ2n) is 6.19. The molecule has 0 unspecified atom stereocenters. The minimum absolute atomic E-state index is 0.0614. The van der Waals surface area contributed by atoms with Gasteiger partial charge in [-0.05, 0) is 43.7 Å². The third-order valence-electron chi connectivity index (χ3n) is 4.23. The molecule has 27 heavy (non-hydrogen) atoms. The molecule has 0 radical (unpaired) electrons. The van der Waals surface area contributed by atoms with Gasteiger partial charge in [0.2, 0.25) is 0 Å². The van der Waals surface area contributed by atoms with Crippen molar-refractivity contribution in [1.29, 1.82) is 0 Å². The third kappa shape index (κ3) is 3.74. The van der Waals surface area contributed by atoms with Crippen LogP contribution in [0.25, 0.3) is 15.9 Å². The van der Waals surface area contributed by atoms with E-state index in [-0.39, 0.29) is 5.91 Å². The molecule has 6 nitrogen and oxygen atoms in total. The number of rotatable bonds is 6. The van der Waals surface area contributed by atoms with Crippen LogP contribution in [0.5, 0.6) is 0 Å². The second kappa shape index (κ2) is 7.54. The highest BCUT2D eigenvalue weighted by atomic mass is 35.5. The zero-order valence-electron chi connectivity index (χ0n) is 14.7. The number of thiophene rings is 1. The Morgan fingerprint density at radius 1 is 1.30 bits per heavy atom. The molecule has 0 aliphatic heterocycles. The maximum atomic E-state index is 12.5. The number of hydrogen-bond donors (Lipinski definition) is 1. The molecule has 0 atom stereocenters. The minimum Gasteiger partial charge on any atom is -0.351 e. The molecule has 1 aromatic carbocycles. The van der Waals surface area contributed by atoms with E-state index in [0.29, 0.717) is 16.4 Å². The predicted octanol–water partition coefficient (Wildman–Crippen LogP) is 4.07. The smallest absolute Gasteiger partial charge is 0.261 e. The summed E-state index contributed by atoms with van der Waals surface area (Å²) in [5.41, 5.74) is 1.77. The van der Waals surface area contributed by atoms with Crippen LogP contribution < -0.4 is 5.32 Å². The van der Waals surface area contributed by atoms with Crippen LogP contribution >= 0.6 is 22.9 Å². The molecule has 0 aliphatic rings. The van der Waals surface area contributed by atoms with Crippen molar-refractivity contribution < 1.29 is 4.79 Å². The highest BCUT2D eigenvalue weighted by Crippen LogP contribution is 2.30. The molecule has 0 saturated heterocycles. The lowest BCUT2D eigenvalue weighted by molar-refractivity contribution is 0.0956. The van der Waals surface area contributed by atoms with Crippen LogP contribution in [0.1, 0.15) is 21.8 Å². The molecular weight excluding hydrogens is 382 g/mol. The van der Waals surface area contributed by atoms with Crippen molar-refractivity contribution >= 4 is 39.1 Å². The van der Waals surface area contributed by atoms with E-state index in [1.165, 1.54) is 11.3 Å². The molecule has 0 bridgehead atoms. The average Bonchev–Trinajstić information content (AvgIpc) is 3.37. The van der Waals surface area contributed by atoms with E-state index in [2.05, 4.69) is 15.5 Å². The van der Waals surface area contributed by atoms with Gasteiger partial charge in [-0.2, -0.15) is 10.2 Å². The van der Waals surface area contributed by atoms with Gasteiger partial charge in [0.1, 0.15) is 4.83 Å². The zero-order valence-corrected chi connectivity index (χ0v) is 16.3. The number of carbonyl (C=O) groups is 1. The summed E-state index contributed by atoms with van der Waals surface area (Å²) < 4.78 is 3.70. The van der Waals surface area contributed by atoms with Crippen molar-refractivity contribution in [2.45, 2.75) is 19.9 Å². The number of amides is 1. The Morgan fingerprint density at radius 3 is 2.96 bits per heavy atom.